The summed E-state index contributed by atoms with van der Waals surface area (Å²) in [6.45, 7) is 4.31. The Labute approximate surface area is 167 Å². The summed E-state index contributed by atoms with van der Waals surface area (Å²) in [5.74, 6) is -0.0945. The number of amides is 1. The Hall–Kier alpha value is -1.90. The van der Waals surface area contributed by atoms with Crippen LogP contribution in [0.3, 0.4) is 0 Å². The molecule has 1 aromatic heterocycles. The molecule has 144 valence electrons. The normalized spacial score (nSPS) is 16.9. The molecule has 1 aliphatic rings. The lowest BCUT2D eigenvalue weighted by Crippen LogP contribution is -2.41. The van der Waals surface area contributed by atoms with E-state index in [0.717, 1.165) is 23.8 Å². The molecule has 6 nitrogen and oxygen atoms in total. The largest absolute Gasteiger partial charge is 0.476 e. The quantitative estimate of drug-likeness (QED) is 0.624. The highest BCUT2D eigenvalue weighted by atomic mass is 32.2. The zero-order chi connectivity index (χ0) is 19.2. The van der Waals surface area contributed by atoms with Crippen molar-refractivity contribution in [2.45, 2.75) is 36.7 Å². The number of hydrogen-bond acceptors (Lipinski definition) is 6. The van der Waals surface area contributed by atoms with E-state index in [1.165, 1.54) is 34.2 Å². The molecule has 0 unspecified atom stereocenters. The molecule has 1 saturated heterocycles. The van der Waals surface area contributed by atoms with Crippen LogP contribution in [0, 0.1) is 6.92 Å². The number of likely N-dealkylation sites (tertiary alicyclic amines) is 1. The third-order valence-electron chi connectivity index (χ3n) is 4.54. The monoisotopic (exact) mass is 405 g/mol. The number of thioether (sulfide) groups is 1. The van der Waals surface area contributed by atoms with E-state index in [4.69, 9.17) is 5.11 Å². The number of carboxylic acids is 1. The van der Waals surface area contributed by atoms with E-state index in [9.17, 15) is 9.59 Å². The van der Waals surface area contributed by atoms with Crippen molar-refractivity contribution < 1.29 is 14.7 Å². The zero-order valence-corrected chi connectivity index (χ0v) is 16.8. The highest BCUT2D eigenvalue weighted by Crippen LogP contribution is 2.24. The van der Waals surface area contributed by atoms with Crippen molar-refractivity contribution in [2.75, 3.05) is 18.8 Å². The van der Waals surface area contributed by atoms with Gasteiger partial charge in [0.2, 0.25) is 5.91 Å². The van der Waals surface area contributed by atoms with Gasteiger partial charge >= 0.3 is 5.97 Å². The summed E-state index contributed by atoms with van der Waals surface area (Å²) in [7, 11) is 0. The molecule has 2 aromatic rings. The lowest BCUT2D eigenvalue weighted by atomic mass is 10.1. The fraction of sp³-hybridized carbons (Fsp3) is 0.421. The molecule has 0 bridgehead atoms. The van der Waals surface area contributed by atoms with Gasteiger partial charge in [0.1, 0.15) is 0 Å². The van der Waals surface area contributed by atoms with E-state index in [1.54, 1.807) is 5.38 Å². The molecule has 2 N–H and O–H groups in total. The molecule has 0 aliphatic carbocycles. The molecule has 1 aliphatic heterocycles. The summed E-state index contributed by atoms with van der Waals surface area (Å²) < 4.78 is 0.730. The van der Waals surface area contributed by atoms with Crippen LogP contribution in [0.4, 0.5) is 0 Å². The lowest BCUT2D eigenvalue weighted by Gasteiger charge is -2.25. The number of rotatable bonds is 9. The molecule has 27 heavy (non-hydrogen) atoms. The maximum absolute atomic E-state index is 12.2. The molecular weight excluding hydrogens is 382 g/mol. The minimum absolute atomic E-state index is 0.0814. The summed E-state index contributed by atoms with van der Waals surface area (Å²) in [6, 6.07) is 8.67. The summed E-state index contributed by atoms with van der Waals surface area (Å²) >= 11 is 2.83. The first-order valence-corrected chi connectivity index (χ1v) is 10.8. The van der Waals surface area contributed by atoms with E-state index >= 15 is 0 Å². The van der Waals surface area contributed by atoms with Crippen LogP contribution in [0.25, 0.3) is 0 Å². The van der Waals surface area contributed by atoms with Gasteiger partial charge in [0.15, 0.2) is 10.0 Å². The lowest BCUT2D eigenvalue weighted by molar-refractivity contribution is -0.128. The van der Waals surface area contributed by atoms with Crippen LogP contribution in [0.15, 0.2) is 34.0 Å². The van der Waals surface area contributed by atoms with Gasteiger partial charge in [-0.05, 0) is 18.9 Å². The van der Waals surface area contributed by atoms with Gasteiger partial charge < -0.3 is 15.3 Å². The Bertz CT molecular complexity index is 792. The third kappa shape index (κ3) is 5.54. The van der Waals surface area contributed by atoms with Crippen LogP contribution in [-0.2, 0) is 11.3 Å². The molecule has 0 spiro atoms. The van der Waals surface area contributed by atoms with Crippen LogP contribution in [0.1, 0.15) is 34.5 Å². The predicted octanol–water partition coefficient (Wildman–Crippen LogP) is 3.02. The van der Waals surface area contributed by atoms with Crippen molar-refractivity contribution in [1.29, 1.82) is 0 Å². The predicted molar refractivity (Wildman–Crippen MR) is 107 cm³/mol. The van der Waals surface area contributed by atoms with E-state index in [1.807, 2.05) is 4.90 Å². The molecule has 3 rings (SSSR count). The standard InChI is InChI=1S/C19H23N3O3S2/c1-13-2-4-14(5-3-13)10-20-11-15-6-7-17(23)22(15)8-9-26-19-21-16(12-27-19)18(24)25/h2-5,12,15,20H,6-11H2,1H3,(H,24,25)/t15-/m1/s1. The van der Waals surface area contributed by atoms with Crippen LogP contribution in [0.2, 0.25) is 0 Å². The summed E-state index contributed by atoms with van der Waals surface area (Å²) in [6.07, 6.45) is 1.48. The number of thiazole rings is 1. The second-order valence-electron chi connectivity index (χ2n) is 6.55. The minimum Gasteiger partial charge on any atom is -0.476 e. The molecule has 1 fully saturated rings. The van der Waals surface area contributed by atoms with Gasteiger partial charge in [-0.2, -0.15) is 0 Å². The second-order valence-corrected chi connectivity index (χ2v) is 8.75. The van der Waals surface area contributed by atoms with Crippen LogP contribution in [0.5, 0.6) is 0 Å². The number of hydrogen-bond donors (Lipinski definition) is 2. The molecule has 8 heteroatoms. The average Bonchev–Trinajstić information content (AvgIpc) is 3.25. The molecule has 0 saturated carbocycles. The topological polar surface area (TPSA) is 82.5 Å². The van der Waals surface area contributed by atoms with E-state index < -0.39 is 5.97 Å². The number of carbonyl (C=O) groups excluding carboxylic acids is 1. The van der Waals surface area contributed by atoms with Crippen molar-refractivity contribution in [2.24, 2.45) is 0 Å². The highest BCUT2D eigenvalue weighted by molar-refractivity contribution is 8.01. The summed E-state index contributed by atoms with van der Waals surface area (Å²) in [5.41, 5.74) is 2.57. The van der Waals surface area contributed by atoms with Crippen molar-refractivity contribution in [3.8, 4) is 0 Å². The molecular formula is C19H23N3O3S2. The fourth-order valence-electron chi connectivity index (χ4n) is 3.05. The van der Waals surface area contributed by atoms with E-state index in [0.29, 0.717) is 18.7 Å². The van der Waals surface area contributed by atoms with Gasteiger partial charge in [0.05, 0.1) is 0 Å². The second kappa shape index (κ2) is 9.34. The van der Waals surface area contributed by atoms with Gasteiger partial charge in [-0.3, -0.25) is 4.79 Å². The number of carboxylic acid groups (broad SMARTS) is 1. The van der Waals surface area contributed by atoms with Crippen molar-refractivity contribution in [3.05, 3.63) is 46.5 Å². The molecule has 1 aromatic carbocycles. The number of aromatic carboxylic acids is 1. The minimum atomic E-state index is -1.01. The zero-order valence-electron chi connectivity index (χ0n) is 15.2. The molecule has 1 atom stereocenters. The SMILES string of the molecule is Cc1ccc(CNC[C@H]2CCC(=O)N2CCSc2nc(C(=O)O)cs2)cc1. The third-order valence-corrected chi connectivity index (χ3v) is 6.54. The van der Waals surface area contributed by atoms with Crippen molar-refractivity contribution >= 4 is 35.0 Å². The summed E-state index contributed by atoms with van der Waals surface area (Å²) in [5, 5.41) is 13.9. The Morgan fingerprint density at radius 3 is 2.89 bits per heavy atom. The number of aromatic nitrogens is 1. The van der Waals surface area contributed by atoms with Crippen molar-refractivity contribution in [1.82, 2.24) is 15.2 Å². The van der Waals surface area contributed by atoms with E-state index in [2.05, 4.69) is 41.5 Å². The van der Waals surface area contributed by atoms with Crippen LogP contribution < -0.4 is 5.32 Å². The average molecular weight is 406 g/mol. The van der Waals surface area contributed by atoms with Crippen molar-refractivity contribution in [3.63, 3.8) is 0 Å². The van der Waals surface area contributed by atoms with Crippen LogP contribution in [-0.4, -0.2) is 51.8 Å². The number of carbonyl (C=O) groups is 2. The number of nitrogens with zero attached hydrogens (tertiary/aromatic N) is 2. The molecule has 1 amide bonds. The smallest absolute Gasteiger partial charge is 0.355 e. The van der Waals surface area contributed by atoms with Crippen LogP contribution >= 0.6 is 23.1 Å². The van der Waals surface area contributed by atoms with Gasteiger partial charge in [-0.1, -0.05) is 41.6 Å². The first kappa shape index (κ1) is 19.9. The number of benzene rings is 1. The highest BCUT2D eigenvalue weighted by Gasteiger charge is 2.30. The Morgan fingerprint density at radius 1 is 1.41 bits per heavy atom. The first-order chi connectivity index (χ1) is 13.0. The van der Waals surface area contributed by atoms with Gasteiger partial charge in [0, 0.05) is 43.2 Å². The Kier molecular flexibility index (Phi) is 6.87. The van der Waals surface area contributed by atoms with Gasteiger partial charge in [-0.25, -0.2) is 9.78 Å². The molecule has 0 radical (unpaired) electrons. The fourth-order valence-corrected chi connectivity index (χ4v) is 4.86. The number of nitrogens with one attached hydrogen (secondary N) is 1. The van der Waals surface area contributed by atoms with Gasteiger partial charge in [-0.15, -0.1) is 11.3 Å². The number of aryl methyl sites for hydroxylation is 1. The maximum Gasteiger partial charge on any atom is 0.355 e. The van der Waals surface area contributed by atoms with Gasteiger partial charge in [0.25, 0.3) is 0 Å². The summed E-state index contributed by atoms with van der Waals surface area (Å²) in [4.78, 5) is 29.1. The van der Waals surface area contributed by atoms with E-state index in [-0.39, 0.29) is 17.6 Å². The Morgan fingerprint density at radius 2 is 2.19 bits per heavy atom. The molecule has 2 heterocycles. The maximum atomic E-state index is 12.2. The Balaban J connectivity index is 1.44. The first-order valence-electron chi connectivity index (χ1n) is 8.90.